The standard InChI is InChI=1S/C26H40N2O2.2C3H7O.Ti/c1-25(2,3)21-9-11-23(29)19(15-21)17-27(7)13-14-28(8)18-20-16-22(26(4,5)6)10-12-24(20)30;2*1-3(2)4;/h9-12,15-16,29-30H,13-14,17-18H2,1-8H3;2*3H,1-2H3;/q;2*-1;+4/p-2. The van der Waals surface area contributed by atoms with Crippen LogP contribution in [0.5, 0.6) is 11.5 Å². The van der Waals surface area contributed by atoms with Crippen molar-refractivity contribution in [3.05, 3.63) is 58.7 Å². The Balaban J connectivity index is 0. The molecular formula is C32H52N2O4Ti. The largest absolute Gasteiger partial charge is 4.00 e. The maximum Gasteiger partial charge on any atom is 4.00 e. The van der Waals surface area contributed by atoms with Crippen LogP contribution in [0.4, 0.5) is 0 Å². The zero-order valence-corrected chi connectivity index (χ0v) is 28.0. The van der Waals surface area contributed by atoms with E-state index < -0.39 is 12.2 Å². The number of likely N-dealkylation sites (N-methyl/N-ethyl adjacent to an activating group) is 2. The second-order valence-electron chi connectivity index (χ2n) is 12.7. The molecule has 0 unspecified atom stereocenters. The molecule has 6 nitrogen and oxygen atoms in total. The van der Waals surface area contributed by atoms with Crippen LogP contribution in [-0.4, -0.2) is 49.2 Å². The third kappa shape index (κ3) is 17.8. The molecule has 0 aliphatic carbocycles. The summed E-state index contributed by atoms with van der Waals surface area (Å²) in [6, 6.07) is 11.3. The van der Waals surface area contributed by atoms with E-state index in [9.17, 15) is 20.4 Å². The first-order valence-corrected chi connectivity index (χ1v) is 13.5. The summed E-state index contributed by atoms with van der Waals surface area (Å²) in [5.74, 6) is 0.191. The molecule has 0 aliphatic heterocycles. The van der Waals surface area contributed by atoms with Gasteiger partial charge in [-0.3, -0.25) is 0 Å². The van der Waals surface area contributed by atoms with Gasteiger partial charge in [0.25, 0.3) is 0 Å². The predicted molar refractivity (Wildman–Crippen MR) is 152 cm³/mol. The van der Waals surface area contributed by atoms with E-state index in [1.165, 1.54) is 11.1 Å². The van der Waals surface area contributed by atoms with Crippen LogP contribution in [0.15, 0.2) is 36.4 Å². The van der Waals surface area contributed by atoms with E-state index in [4.69, 9.17) is 0 Å². The van der Waals surface area contributed by atoms with E-state index in [1.807, 2.05) is 38.4 Å². The Labute approximate surface area is 254 Å². The van der Waals surface area contributed by atoms with Crippen LogP contribution in [0.1, 0.15) is 91.5 Å². The molecule has 0 N–H and O–H groups in total. The molecule has 0 radical (unpaired) electrons. The van der Waals surface area contributed by atoms with Crippen LogP contribution in [0.25, 0.3) is 0 Å². The molecule has 0 saturated carbocycles. The summed E-state index contributed by atoms with van der Waals surface area (Å²) in [6.07, 6.45) is -0.833. The normalized spacial score (nSPS) is 11.6. The monoisotopic (exact) mass is 576 g/mol. The Bertz CT molecular complexity index is 867. The molecule has 2 aromatic rings. The number of rotatable bonds is 7. The van der Waals surface area contributed by atoms with Gasteiger partial charge in [0.05, 0.1) is 0 Å². The van der Waals surface area contributed by atoms with E-state index >= 15 is 0 Å². The molecule has 0 heterocycles. The SMILES string of the molecule is CC(C)[O-].CC(C)[O-].CN(CCN(C)Cc1cc(C(C)(C)C)ccc1[O-])Cc1cc(C(C)(C)C)ccc1[O-].[Ti+4]. The molecule has 0 amide bonds. The maximum atomic E-state index is 12.3. The van der Waals surface area contributed by atoms with Gasteiger partial charge < -0.3 is 30.2 Å². The maximum absolute atomic E-state index is 12.3. The third-order valence-corrected chi connectivity index (χ3v) is 5.60. The van der Waals surface area contributed by atoms with Crippen molar-refractivity contribution in [3.63, 3.8) is 0 Å². The molecule has 0 saturated heterocycles. The number of benzene rings is 2. The summed E-state index contributed by atoms with van der Waals surface area (Å²) in [5.41, 5.74) is 4.10. The minimum absolute atomic E-state index is 0. The third-order valence-electron chi connectivity index (χ3n) is 5.60. The van der Waals surface area contributed by atoms with Crippen molar-refractivity contribution >= 4 is 0 Å². The Hall–Kier alpha value is -1.41. The first-order valence-electron chi connectivity index (χ1n) is 13.5. The Morgan fingerprint density at radius 3 is 1.10 bits per heavy atom. The quantitative estimate of drug-likeness (QED) is 0.468. The fourth-order valence-electron chi connectivity index (χ4n) is 3.42. The van der Waals surface area contributed by atoms with Gasteiger partial charge in [0.1, 0.15) is 0 Å². The van der Waals surface area contributed by atoms with Gasteiger partial charge in [-0.1, -0.05) is 106 Å². The molecular weight excluding hydrogens is 524 g/mol. The first kappa shape index (κ1) is 39.7. The minimum Gasteiger partial charge on any atom is -0.872 e. The van der Waals surface area contributed by atoms with Gasteiger partial charge in [0.15, 0.2) is 0 Å². The second-order valence-corrected chi connectivity index (χ2v) is 12.7. The molecule has 0 fully saturated rings. The van der Waals surface area contributed by atoms with Gasteiger partial charge in [-0.25, -0.2) is 0 Å². The summed E-state index contributed by atoms with van der Waals surface area (Å²) >= 11 is 0. The van der Waals surface area contributed by atoms with Gasteiger partial charge in [-0.05, 0) is 47.2 Å². The molecule has 0 spiro atoms. The smallest absolute Gasteiger partial charge is 0.872 e. The molecule has 0 aromatic heterocycles. The Morgan fingerprint density at radius 2 is 0.872 bits per heavy atom. The van der Waals surface area contributed by atoms with Gasteiger partial charge in [-0.2, -0.15) is 0 Å². The summed E-state index contributed by atoms with van der Waals surface area (Å²) in [5, 5.41) is 43.6. The minimum atomic E-state index is -0.417. The molecule has 218 valence electrons. The molecule has 0 aliphatic rings. The van der Waals surface area contributed by atoms with E-state index in [-0.39, 0.29) is 44.0 Å². The van der Waals surface area contributed by atoms with Gasteiger partial charge in [-0.15, -0.1) is 23.7 Å². The van der Waals surface area contributed by atoms with Crippen LogP contribution >= 0.6 is 0 Å². The van der Waals surface area contributed by atoms with Crippen molar-refractivity contribution in [2.75, 3.05) is 27.2 Å². The zero-order chi connectivity index (χ0) is 29.8. The summed E-state index contributed by atoms with van der Waals surface area (Å²) in [6.45, 7) is 22.3. The van der Waals surface area contributed by atoms with Crippen molar-refractivity contribution in [1.82, 2.24) is 9.80 Å². The topological polar surface area (TPSA) is 98.7 Å². The van der Waals surface area contributed by atoms with Crippen LogP contribution in [0, 0.1) is 0 Å². The van der Waals surface area contributed by atoms with Crippen LogP contribution in [0.3, 0.4) is 0 Å². The first-order chi connectivity index (χ1) is 17.2. The number of nitrogens with zero attached hydrogens (tertiary/aromatic N) is 2. The Morgan fingerprint density at radius 1 is 0.615 bits per heavy atom. The molecule has 2 rings (SSSR count). The van der Waals surface area contributed by atoms with Crippen molar-refractivity contribution < 1.29 is 42.1 Å². The average molecular weight is 577 g/mol. The van der Waals surface area contributed by atoms with Crippen molar-refractivity contribution in [3.8, 4) is 11.5 Å². The van der Waals surface area contributed by atoms with Crippen LogP contribution < -0.4 is 20.4 Å². The summed E-state index contributed by atoms with van der Waals surface area (Å²) in [4.78, 5) is 4.34. The molecule has 0 bridgehead atoms. The van der Waals surface area contributed by atoms with Crippen LogP contribution in [-0.2, 0) is 45.6 Å². The Kier molecular flexibility index (Phi) is 18.5. The van der Waals surface area contributed by atoms with E-state index in [2.05, 4.69) is 51.3 Å². The zero-order valence-electron chi connectivity index (χ0n) is 26.5. The van der Waals surface area contributed by atoms with Gasteiger partial charge in [0.2, 0.25) is 0 Å². The summed E-state index contributed by atoms with van der Waals surface area (Å²) < 4.78 is 0. The predicted octanol–water partition coefficient (Wildman–Crippen LogP) is 3.50. The van der Waals surface area contributed by atoms with Crippen molar-refractivity contribution in [2.24, 2.45) is 0 Å². The van der Waals surface area contributed by atoms with E-state index in [1.54, 1.807) is 39.8 Å². The van der Waals surface area contributed by atoms with Crippen molar-refractivity contribution in [1.29, 1.82) is 0 Å². The fraction of sp³-hybridized carbons (Fsp3) is 0.625. The summed E-state index contributed by atoms with van der Waals surface area (Å²) in [7, 11) is 4.08. The van der Waals surface area contributed by atoms with E-state index in [0.29, 0.717) is 13.1 Å². The molecule has 7 heteroatoms. The van der Waals surface area contributed by atoms with Crippen molar-refractivity contribution in [2.45, 2.75) is 105 Å². The molecule has 2 aromatic carbocycles. The average Bonchev–Trinajstić information content (AvgIpc) is 2.73. The van der Waals surface area contributed by atoms with Crippen LogP contribution in [0.2, 0.25) is 0 Å². The second kappa shape index (κ2) is 18.1. The number of hydrogen-bond acceptors (Lipinski definition) is 6. The molecule has 0 atom stereocenters. The van der Waals surface area contributed by atoms with E-state index in [0.717, 1.165) is 24.2 Å². The number of hydrogen-bond donors (Lipinski definition) is 0. The molecule has 39 heavy (non-hydrogen) atoms. The van der Waals surface area contributed by atoms with Gasteiger partial charge in [0, 0.05) is 26.2 Å². The van der Waals surface area contributed by atoms with Gasteiger partial charge >= 0.3 is 21.7 Å². The fourth-order valence-corrected chi connectivity index (χ4v) is 3.42.